The van der Waals surface area contributed by atoms with Crippen molar-refractivity contribution in [2.45, 2.75) is 26.2 Å². The van der Waals surface area contributed by atoms with Crippen molar-refractivity contribution in [2.75, 3.05) is 39.9 Å². The van der Waals surface area contributed by atoms with Crippen molar-refractivity contribution < 1.29 is 24.2 Å². The van der Waals surface area contributed by atoms with Gasteiger partial charge in [-0.1, -0.05) is 6.92 Å². The molecular weight excluding hydrogens is 276 g/mol. The van der Waals surface area contributed by atoms with Crippen LogP contribution in [-0.4, -0.2) is 72.6 Å². The summed E-state index contributed by atoms with van der Waals surface area (Å²) in [6.07, 6.45) is 1.78. The summed E-state index contributed by atoms with van der Waals surface area (Å²) in [5.41, 5.74) is 0. The van der Waals surface area contributed by atoms with Crippen LogP contribution in [0.3, 0.4) is 0 Å². The van der Waals surface area contributed by atoms with Crippen molar-refractivity contribution in [2.24, 2.45) is 5.92 Å². The van der Waals surface area contributed by atoms with Gasteiger partial charge in [-0.05, 0) is 19.3 Å². The van der Waals surface area contributed by atoms with E-state index in [1.54, 1.807) is 11.9 Å². The van der Waals surface area contributed by atoms with Crippen LogP contribution in [0.25, 0.3) is 0 Å². The number of piperidine rings is 1. The van der Waals surface area contributed by atoms with Gasteiger partial charge in [0.1, 0.15) is 6.61 Å². The second kappa shape index (κ2) is 8.61. The number of amides is 2. The van der Waals surface area contributed by atoms with Crippen LogP contribution in [-0.2, 0) is 19.1 Å². The molecule has 1 heterocycles. The summed E-state index contributed by atoms with van der Waals surface area (Å²) < 4.78 is 5.15. The van der Waals surface area contributed by atoms with Crippen molar-refractivity contribution in [3.8, 4) is 0 Å². The Morgan fingerprint density at radius 1 is 1.29 bits per heavy atom. The van der Waals surface area contributed by atoms with Crippen molar-refractivity contribution in [3.05, 3.63) is 0 Å². The van der Waals surface area contributed by atoms with Crippen LogP contribution in [0.4, 0.5) is 0 Å². The normalized spacial score (nSPS) is 15.8. The highest BCUT2D eigenvalue weighted by atomic mass is 16.5. The fraction of sp³-hybridized carbons (Fsp3) is 0.786. The zero-order valence-electron chi connectivity index (χ0n) is 12.7. The molecule has 1 saturated heterocycles. The predicted molar refractivity (Wildman–Crippen MR) is 75.7 cm³/mol. The molecule has 1 rings (SSSR count). The van der Waals surface area contributed by atoms with E-state index in [0.717, 1.165) is 6.42 Å². The molecule has 0 bridgehead atoms. The maximum Gasteiger partial charge on any atom is 0.306 e. The van der Waals surface area contributed by atoms with Crippen LogP contribution in [0.2, 0.25) is 0 Å². The van der Waals surface area contributed by atoms with Crippen LogP contribution >= 0.6 is 0 Å². The van der Waals surface area contributed by atoms with Crippen LogP contribution < -0.4 is 0 Å². The monoisotopic (exact) mass is 300 g/mol. The molecule has 1 N–H and O–H groups in total. The van der Waals surface area contributed by atoms with Gasteiger partial charge in [0.15, 0.2) is 0 Å². The minimum atomic E-state index is -0.803. The van der Waals surface area contributed by atoms with E-state index in [2.05, 4.69) is 0 Å². The Morgan fingerprint density at radius 2 is 1.90 bits per heavy atom. The quantitative estimate of drug-likeness (QED) is 0.678. The lowest BCUT2D eigenvalue weighted by molar-refractivity contribution is -0.147. The fourth-order valence-corrected chi connectivity index (χ4v) is 2.18. The minimum Gasteiger partial charge on any atom is -0.481 e. The predicted octanol–water partition coefficient (Wildman–Crippen LogP) is 0.195. The number of hydrogen-bond donors (Lipinski definition) is 1. The number of carbonyl (C=O) groups is 3. The molecule has 0 atom stereocenters. The summed E-state index contributed by atoms with van der Waals surface area (Å²) in [7, 11) is 1.57. The Balaban J connectivity index is 2.33. The van der Waals surface area contributed by atoms with E-state index < -0.39 is 5.97 Å². The molecule has 0 aliphatic carbocycles. The largest absolute Gasteiger partial charge is 0.481 e. The van der Waals surface area contributed by atoms with Crippen molar-refractivity contribution >= 4 is 17.8 Å². The van der Waals surface area contributed by atoms with Gasteiger partial charge in [0.2, 0.25) is 11.8 Å². The Kier molecular flexibility index (Phi) is 7.14. The number of hydrogen-bond acceptors (Lipinski definition) is 4. The van der Waals surface area contributed by atoms with Gasteiger partial charge in [-0.2, -0.15) is 0 Å². The molecule has 2 amide bonds. The van der Waals surface area contributed by atoms with E-state index >= 15 is 0 Å². The van der Waals surface area contributed by atoms with E-state index in [1.165, 1.54) is 4.90 Å². The van der Waals surface area contributed by atoms with Gasteiger partial charge in [-0.15, -0.1) is 0 Å². The van der Waals surface area contributed by atoms with Gasteiger partial charge >= 0.3 is 5.97 Å². The van der Waals surface area contributed by atoms with Crippen molar-refractivity contribution in [1.82, 2.24) is 9.80 Å². The van der Waals surface area contributed by atoms with E-state index in [-0.39, 0.29) is 30.9 Å². The Bertz CT molecular complexity index is 378. The molecule has 0 unspecified atom stereocenters. The number of rotatable bonds is 7. The van der Waals surface area contributed by atoms with E-state index in [9.17, 15) is 14.4 Å². The van der Waals surface area contributed by atoms with E-state index in [1.807, 2.05) is 6.92 Å². The second-order valence-electron chi connectivity index (χ2n) is 5.30. The van der Waals surface area contributed by atoms with Crippen LogP contribution in [0.15, 0.2) is 0 Å². The van der Waals surface area contributed by atoms with Crippen molar-refractivity contribution in [3.63, 3.8) is 0 Å². The molecular formula is C14H24N2O5. The highest BCUT2D eigenvalue weighted by molar-refractivity contribution is 5.85. The lowest BCUT2D eigenvalue weighted by Crippen LogP contribution is -2.46. The summed E-state index contributed by atoms with van der Waals surface area (Å²) in [5.74, 6) is -1.54. The minimum absolute atomic E-state index is 0.00601. The average molecular weight is 300 g/mol. The molecule has 0 aromatic carbocycles. The first-order chi connectivity index (χ1) is 9.95. The molecule has 120 valence electrons. The number of nitrogens with zero attached hydrogens (tertiary/aromatic N) is 2. The summed E-state index contributed by atoms with van der Waals surface area (Å²) in [5, 5.41) is 8.91. The lowest BCUT2D eigenvalue weighted by atomic mass is 9.97. The topological polar surface area (TPSA) is 87.2 Å². The summed E-state index contributed by atoms with van der Waals surface area (Å²) in [4.78, 5) is 37.6. The highest BCUT2D eigenvalue weighted by Crippen LogP contribution is 2.17. The molecule has 1 aliphatic rings. The van der Waals surface area contributed by atoms with Gasteiger partial charge in [0.25, 0.3) is 0 Å². The average Bonchev–Trinajstić information content (AvgIpc) is 2.47. The number of aliphatic carboxylic acids is 1. The zero-order valence-corrected chi connectivity index (χ0v) is 12.7. The standard InChI is InChI=1S/C14H24N2O5/c1-3-8-21-10-13(18)15(2)9-12(17)16-6-4-11(5-7-16)14(19)20/h11H,3-10H2,1-2H3,(H,19,20). The molecule has 7 nitrogen and oxygen atoms in total. The van der Waals surface area contributed by atoms with Gasteiger partial charge in [-0.3, -0.25) is 14.4 Å². The molecule has 0 radical (unpaired) electrons. The lowest BCUT2D eigenvalue weighted by Gasteiger charge is -2.31. The molecule has 0 aromatic heterocycles. The maximum absolute atomic E-state index is 12.1. The van der Waals surface area contributed by atoms with Gasteiger partial charge < -0.3 is 19.6 Å². The maximum atomic E-state index is 12.1. The molecule has 1 fully saturated rings. The van der Waals surface area contributed by atoms with Gasteiger partial charge in [0, 0.05) is 26.7 Å². The number of likely N-dealkylation sites (N-methyl/N-ethyl adjacent to an activating group) is 1. The van der Waals surface area contributed by atoms with Crippen LogP contribution in [0.1, 0.15) is 26.2 Å². The Hall–Kier alpha value is -1.63. The number of likely N-dealkylation sites (tertiary alicyclic amines) is 1. The third-order valence-electron chi connectivity index (χ3n) is 3.57. The molecule has 7 heteroatoms. The molecule has 0 saturated carbocycles. The first-order valence-corrected chi connectivity index (χ1v) is 7.28. The van der Waals surface area contributed by atoms with Crippen molar-refractivity contribution in [1.29, 1.82) is 0 Å². The molecule has 0 aromatic rings. The zero-order chi connectivity index (χ0) is 15.8. The SMILES string of the molecule is CCCOCC(=O)N(C)CC(=O)N1CCC(C(=O)O)CC1. The third-order valence-corrected chi connectivity index (χ3v) is 3.57. The Labute approximate surface area is 124 Å². The molecule has 1 aliphatic heterocycles. The van der Waals surface area contributed by atoms with E-state index in [4.69, 9.17) is 9.84 Å². The fourth-order valence-electron chi connectivity index (χ4n) is 2.18. The molecule has 21 heavy (non-hydrogen) atoms. The first-order valence-electron chi connectivity index (χ1n) is 7.28. The molecule has 0 spiro atoms. The Morgan fingerprint density at radius 3 is 2.43 bits per heavy atom. The summed E-state index contributed by atoms with van der Waals surface area (Å²) >= 11 is 0. The number of carboxylic acid groups (broad SMARTS) is 1. The third kappa shape index (κ3) is 5.71. The number of ether oxygens (including phenoxy) is 1. The van der Waals surface area contributed by atoms with Crippen LogP contribution in [0.5, 0.6) is 0 Å². The van der Waals surface area contributed by atoms with Crippen LogP contribution in [0, 0.1) is 5.92 Å². The smallest absolute Gasteiger partial charge is 0.306 e. The first kappa shape index (κ1) is 17.4. The van der Waals surface area contributed by atoms with Gasteiger partial charge in [0.05, 0.1) is 12.5 Å². The number of carboxylic acids is 1. The summed E-state index contributed by atoms with van der Waals surface area (Å²) in [6, 6.07) is 0. The summed E-state index contributed by atoms with van der Waals surface area (Å²) in [6.45, 7) is 3.34. The van der Waals surface area contributed by atoms with Gasteiger partial charge in [-0.25, -0.2) is 0 Å². The van der Waals surface area contributed by atoms with E-state index in [0.29, 0.717) is 32.5 Å². The number of carbonyl (C=O) groups excluding carboxylic acids is 2. The highest BCUT2D eigenvalue weighted by Gasteiger charge is 2.27. The second-order valence-corrected chi connectivity index (χ2v) is 5.30.